The van der Waals surface area contributed by atoms with E-state index in [-0.39, 0.29) is 24.2 Å². The molecule has 1 atom stereocenters. The Bertz CT molecular complexity index is 569. The highest BCUT2D eigenvalue weighted by Gasteiger charge is 2.25. The SMILES string of the molecule is CCS(=O)(=O)NCCN1CCNCC1c1ccccc1Cl.Cl. The first-order valence-electron chi connectivity index (χ1n) is 7.20. The van der Waals surface area contributed by atoms with E-state index in [1.54, 1.807) is 6.92 Å². The van der Waals surface area contributed by atoms with Gasteiger partial charge in [-0.05, 0) is 18.6 Å². The van der Waals surface area contributed by atoms with E-state index in [1.165, 1.54) is 0 Å². The second-order valence-electron chi connectivity index (χ2n) is 5.08. The van der Waals surface area contributed by atoms with Crippen molar-refractivity contribution in [1.82, 2.24) is 14.9 Å². The van der Waals surface area contributed by atoms with Crippen LogP contribution in [-0.4, -0.2) is 51.8 Å². The second-order valence-corrected chi connectivity index (χ2v) is 7.58. The van der Waals surface area contributed by atoms with Crippen molar-refractivity contribution >= 4 is 34.0 Å². The molecule has 0 radical (unpaired) electrons. The standard InChI is InChI=1S/C14H22ClN3O2S.ClH/c1-2-21(19,20)17-8-10-18-9-7-16-11-14(18)12-5-3-4-6-13(12)15;/h3-6,14,16-17H,2,7-11H2,1H3;1H. The van der Waals surface area contributed by atoms with Crippen molar-refractivity contribution < 1.29 is 8.42 Å². The summed E-state index contributed by atoms with van der Waals surface area (Å²) in [5.74, 6) is 0.114. The van der Waals surface area contributed by atoms with Crippen LogP contribution in [0.1, 0.15) is 18.5 Å². The fourth-order valence-corrected chi connectivity index (χ4v) is 3.38. The zero-order valence-corrected chi connectivity index (χ0v) is 15.0. The number of piperazine rings is 1. The molecule has 0 aliphatic carbocycles. The van der Waals surface area contributed by atoms with Gasteiger partial charge < -0.3 is 5.32 Å². The summed E-state index contributed by atoms with van der Waals surface area (Å²) in [7, 11) is -3.13. The van der Waals surface area contributed by atoms with Gasteiger partial charge in [-0.2, -0.15) is 0 Å². The van der Waals surface area contributed by atoms with Crippen molar-refractivity contribution in [3.8, 4) is 0 Å². The van der Waals surface area contributed by atoms with Gasteiger partial charge in [0.15, 0.2) is 0 Å². The summed E-state index contributed by atoms with van der Waals surface area (Å²) in [5.41, 5.74) is 1.09. The fourth-order valence-electron chi connectivity index (χ4n) is 2.51. The Morgan fingerprint density at radius 1 is 1.41 bits per heavy atom. The third-order valence-corrected chi connectivity index (χ3v) is 5.47. The first kappa shape index (κ1) is 19.7. The number of halogens is 2. The molecular weight excluding hydrogens is 345 g/mol. The van der Waals surface area contributed by atoms with E-state index in [0.29, 0.717) is 13.1 Å². The summed E-state index contributed by atoms with van der Waals surface area (Å²) in [6.07, 6.45) is 0. The van der Waals surface area contributed by atoms with Gasteiger partial charge in [0.1, 0.15) is 0 Å². The molecule has 0 saturated carbocycles. The molecule has 1 fully saturated rings. The largest absolute Gasteiger partial charge is 0.314 e. The summed E-state index contributed by atoms with van der Waals surface area (Å²) in [5, 5.41) is 4.12. The van der Waals surface area contributed by atoms with E-state index in [9.17, 15) is 8.42 Å². The van der Waals surface area contributed by atoms with Gasteiger partial charge >= 0.3 is 0 Å². The van der Waals surface area contributed by atoms with Gasteiger partial charge in [0.05, 0.1) is 5.75 Å². The van der Waals surface area contributed by atoms with E-state index in [2.05, 4.69) is 14.9 Å². The number of sulfonamides is 1. The molecule has 1 aromatic carbocycles. The normalized spacial score (nSPS) is 19.6. The van der Waals surface area contributed by atoms with Crippen molar-refractivity contribution in [1.29, 1.82) is 0 Å². The molecule has 2 rings (SSSR count). The number of nitrogens with one attached hydrogen (secondary N) is 2. The lowest BCUT2D eigenvalue weighted by Gasteiger charge is -2.36. The Morgan fingerprint density at radius 2 is 2.14 bits per heavy atom. The number of hydrogen-bond donors (Lipinski definition) is 2. The molecule has 1 aliphatic heterocycles. The molecule has 1 aromatic rings. The van der Waals surface area contributed by atoms with Gasteiger partial charge in [0, 0.05) is 43.8 Å². The number of rotatable bonds is 6. The van der Waals surface area contributed by atoms with Crippen molar-refractivity contribution in [2.24, 2.45) is 0 Å². The predicted molar refractivity (Wildman–Crippen MR) is 93.3 cm³/mol. The average Bonchev–Trinajstić information content (AvgIpc) is 2.48. The van der Waals surface area contributed by atoms with Crippen LogP contribution in [0.25, 0.3) is 0 Å². The molecule has 0 amide bonds. The van der Waals surface area contributed by atoms with Crippen LogP contribution < -0.4 is 10.0 Å². The van der Waals surface area contributed by atoms with E-state index >= 15 is 0 Å². The van der Waals surface area contributed by atoms with Crippen LogP contribution in [0.4, 0.5) is 0 Å². The molecular formula is C14H23Cl2N3O2S. The summed E-state index contributed by atoms with van der Waals surface area (Å²) < 4.78 is 25.6. The quantitative estimate of drug-likeness (QED) is 0.802. The third-order valence-electron chi connectivity index (χ3n) is 3.72. The Hall–Kier alpha value is -0.370. The first-order chi connectivity index (χ1) is 10.0. The van der Waals surface area contributed by atoms with Gasteiger partial charge in [-0.3, -0.25) is 4.90 Å². The van der Waals surface area contributed by atoms with Gasteiger partial charge in [-0.15, -0.1) is 12.4 Å². The highest BCUT2D eigenvalue weighted by molar-refractivity contribution is 7.89. The lowest BCUT2D eigenvalue weighted by molar-refractivity contribution is 0.165. The molecule has 5 nitrogen and oxygen atoms in total. The van der Waals surface area contributed by atoms with Gasteiger partial charge in [-0.25, -0.2) is 13.1 Å². The summed E-state index contributed by atoms with van der Waals surface area (Å²) in [4.78, 5) is 2.27. The summed E-state index contributed by atoms with van der Waals surface area (Å²) in [6, 6.07) is 8.00. The lowest BCUT2D eigenvalue weighted by atomic mass is 10.0. The monoisotopic (exact) mass is 367 g/mol. The molecule has 1 unspecified atom stereocenters. The molecule has 126 valence electrons. The van der Waals surface area contributed by atoms with Crippen LogP contribution in [0.5, 0.6) is 0 Å². The van der Waals surface area contributed by atoms with Crippen molar-refractivity contribution in [2.45, 2.75) is 13.0 Å². The van der Waals surface area contributed by atoms with E-state index in [1.807, 2.05) is 24.3 Å². The Balaban J connectivity index is 0.00000242. The summed E-state index contributed by atoms with van der Waals surface area (Å²) >= 11 is 6.29. The van der Waals surface area contributed by atoms with E-state index < -0.39 is 10.0 Å². The smallest absolute Gasteiger partial charge is 0.211 e. The minimum atomic E-state index is -3.13. The van der Waals surface area contributed by atoms with Crippen LogP contribution in [0.15, 0.2) is 24.3 Å². The first-order valence-corrected chi connectivity index (χ1v) is 9.23. The molecule has 0 bridgehead atoms. The molecule has 8 heteroatoms. The van der Waals surface area contributed by atoms with Crippen LogP contribution in [-0.2, 0) is 10.0 Å². The zero-order valence-electron chi connectivity index (χ0n) is 12.6. The molecule has 1 saturated heterocycles. The second kappa shape index (κ2) is 9.05. The minimum absolute atomic E-state index is 0. The topological polar surface area (TPSA) is 61.4 Å². The molecule has 2 N–H and O–H groups in total. The Labute approximate surface area is 143 Å². The third kappa shape index (κ3) is 5.37. The van der Waals surface area contributed by atoms with Gasteiger partial charge in [0.2, 0.25) is 10.0 Å². The van der Waals surface area contributed by atoms with Gasteiger partial charge in [0.25, 0.3) is 0 Å². The van der Waals surface area contributed by atoms with Gasteiger partial charge in [-0.1, -0.05) is 29.8 Å². The minimum Gasteiger partial charge on any atom is -0.314 e. The van der Waals surface area contributed by atoms with Crippen LogP contribution in [0.3, 0.4) is 0 Å². The maximum atomic E-state index is 11.5. The summed E-state index contributed by atoms with van der Waals surface area (Å²) in [6.45, 7) is 5.35. The molecule has 0 spiro atoms. The van der Waals surface area contributed by atoms with Crippen LogP contribution in [0, 0.1) is 0 Å². The van der Waals surface area contributed by atoms with E-state index in [0.717, 1.165) is 30.2 Å². The number of hydrogen-bond acceptors (Lipinski definition) is 4. The highest BCUT2D eigenvalue weighted by atomic mass is 35.5. The van der Waals surface area contributed by atoms with Crippen molar-refractivity contribution in [2.75, 3.05) is 38.5 Å². The Morgan fingerprint density at radius 3 is 2.82 bits per heavy atom. The molecule has 1 aliphatic rings. The fraction of sp³-hybridized carbons (Fsp3) is 0.571. The highest BCUT2D eigenvalue weighted by Crippen LogP contribution is 2.27. The van der Waals surface area contributed by atoms with Crippen molar-refractivity contribution in [3.05, 3.63) is 34.9 Å². The van der Waals surface area contributed by atoms with Crippen LogP contribution in [0.2, 0.25) is 5.02 Å². The molecule has 1 heterocycles. The van der Waals surface area contributed by atoms with E-state index in [4.69, 9.17) is 11.6 Å². The molecule has 22 heavy (non-hydrogen) atoms. The number of benzene rings is 1. The average molecular weight is 368 g/mol. The van der Waals surface area contributed by atoms with Crippen molar-refractivity contribution in [3.63, 3.8) is 0 Å². The molecule has 0 aromatic heterocycles. The maximum absolute atomic E-state index is 11.5. The lowest BCUT2D eigenvalue weighted by Crippen LogP contribution is -2.48. The maximum Gasteiger partial charge on any atom is 0.211 e. The number of nitrogens with zero attached hydrogens (tertiary/aromatic N) is 1. The predicted octanol–water partition coefficient (Wildman–Crippen LogP) is 1.65. The zero-order chi connectivity index (χ0) is 15.3. The van der Waals surface area contributed by atoms with Crippen LogP contribution >= 0.6 is 24.0 Å². The Kier molecular flexibility index (Phi) is 8.10.